The molecule has 4 nitrogen and oxygen atoms in total. The van der Waals surface area contributed by atoms with Crippen LogP contribution in [0, 0.1) is 13.8 Å². The van der Waals surface area contributed by atoms with Gasteiger partial charge in [-0.3, -0.25) is 0 Å². The van der Waals surface area contributed by atoms with Crippen LogP contribution in [0.15, 0.2) is 4.52 Å². The highest BCUT2D eigenvalue weighted by molar-refractivity contribution is 5.24. The molecule has 18 heavy (non-hydrogen) atoms. The minimum Gasteiger partial charge on any atom is -0.371 e. The van der Waals surface area contributed by atoms with E-state index in [-0.39, 0.29) is 12.6 Å². The summed E-state index contributed by atoms with van der Waals surface area (Å²) in [4.78, 5) is 0. The number of hydrogen-bond acceptors (Lipinski definition) is 4. The fourth-order valence-electron chi connectivity index (χ4n) is 1.75. The molecule has 0 bridgehead atoms. The lowest BCUT2D eigenvalue weighted by molar-refractivity contribution is -0.173. The standard InChI is InChI=1S/C11H17F3N2O2/c1-7(10-8(2)16-18-9(10)3)15-4-5-17-6-11(12,13)14/h7,15H,4-6H2,1-3H3. The number of nitrogens with zero attached hydrogens (tertiary/aromatic N) is 1. The summed E-state index contributed by atoms with van der Waals surface area (Å²) in [6.07, 6.45) is -4.27. The van der Waals surface area contributed by atoms with Gasteiger partial charge in [0, 0.05) is 18.2 Å². The molecule has 0 fully saturated rings. The van der Waals surface area contributed by atoms with E-state index < -0.39 is 12.8 Å². The van der Waals surface area contributed by atoms with Crippen molar-refractivity contribution in [1.29, 1.82) is 0 Å². The molecule has 1 aromatic heterocycles. The third-order valence-corrected chi connectivity index (χ3v) is 2.48. The molecular formula is C11H17F3N2O2. The van der Waals surface area contributed by atoms with Gasteiger partial charge in [-0.1, -0.05) is 5.16 Å². The first-order chi connectivity index (χ1) is 8.31. The molecular weight excluding hydrogens is 249 g/mol. The van der Waals surface area contributed by atoms with Crippen molar-refractivity contribution in [3.63, 3.8) is 0 Å². The molecule has 1 N–H and O–H groups in total. The second-order valence-electron chi connectivity index (χ2n) is 4.08. The molecule has 0 saturated heterocycles. The van der Waals surface area contributed by atoms with Gasteiger partial charge in [0.2, 0.25) is 0 Å². The highest BCUT2D eigenvalue weighted by Gasteiger charge is 2.27. The third-order valence-electron chi connectivity index (χ3n) is 2.48. The number of nitrogens with one attached hydrogen (secondary N) is 1. The number of halogens is 3. The molecule has 7 heteroatoms. The fourth-order valence-corrected chi connectivity index (χ4v) is 1.75. The Morgan fingerprint density at radius 2 is 2.06 bits per heavy atom. The van der Waals surface area contributed by atoms with Gasteiger partial charge in [0.05, 0.1) is 12.3 Å². The molecule has 0 aromatic carbocycles. The van der Waals surface area contributed by atoms with Gasteiger partial charge in [-0.05, 0) is 20.8 Å². The van der Waals surface area contributed by atoms with Crippen molar-refractivity contribution in [3.05, 3.63) is 17.0 Å². The lowest BCUT2D eigenvalue weighted by Gasteiger charge is -2.14. The van der Waals surface area contributed by atoms with E-state index >= 15 is 0 Å². The van der Waals surface area contributed by atoms with Crippen LogP contribution in [0.1, 0.15) is 30.0 Å². The van der Waals surface area contributed by atoms with Crippen LogP contribution in [0.25, 0.3) is 0 Å². The van der Waals surface area contributed by atoms with E-state index in [1.807, 2.05) is 13.8 Å². The molecule has 0 amide bonds. The van der Waals surface area contributed by atoms with Crippen molar-refractivity contribution in [2.75, 3.05) is 19.8 Å². The van der Waals surface area contributed by atoms with E-state index in [9.17, 15) is 13.2 Å². The van der Waals surface area contributed by atoms with Crippen LogP contribution in [0.5, 0.6) is 0 Å². The number of aryl methyl sites for hydroxylation is 2. The Balaban J connectivity index is 2.28. The average molecular weight is 266 g/mol. The van der Waals surface area contributed by atoms with Gasteiger partial charge in [-0.2, -0.15) is 13.2 Å². The lowest BCUT2D eigenvalue weighted by atomic mass is 10.1. The predicted molar refractivity (Wildman–Crippen MR) is 59.3 cm³/mol. The second-order valence-corrected chi connectivity index (χ2v) is 4.08. The van der Waals surface area contributed by atoms with E-state index in [2.05, 4.69) is 15.2 Å². The van der Waals surface area contributed by atoms with Crippen molar-refractivity contribution in [2.45, 2.75) is 33.0 Å². The van der Waals surface area contributed by atoms with Crippen molar-refractivity contribution < 1.29 is 22.4 Å². The van der Waals surface area contributed by atoms with E-state index in [0.29, 0.717) is 12.3 Å². The third kappa shape index (κ3) is 4.66. The second kappa shape index (κ2) is 6.19. The number of hydrogen-bond donors (Lipinski definition) is 1. The van der Waals surface area contributed by atoms with Crippen molar-refractivity contribution in [3.8, 4) is 0 Å². The van der Waals surface area contributed by atoms with Crippen molar-refractivity contribution >= 4 is 0 Å². The Labute approximate surface area is 103 Å². The van der Waals surface area contributed by atoms with Crippen LogP contribution in [-0.4, -0.2) is 31.1 Å². The minimum absolute atomic E-state index is 0.00717. The number of rotatable bonds is 6. The summed E-state index contributed by atoms with van der Waals surface area (Å²) in [5.41, 5.74) is 1.72. The van der Waals surface area contributed by atoms with Gasteiger partial charge >= 0.3 is 6.18 Å². The molecule has 1 atom stereocenters. The fraction of sp³-hybridized carbons (Fsp3) is 0.727. The Hall–Kier alpha value is -1.08. The summed E-state index contributed by atoms with van der Waals surface area (Å²) >= 11 is 0. The van der Waals surface area contributed by atoms with E-state index in [1.54, 1.807) is 6.92 Å². The summed E-state index contributed by atoms with van der Waals surface area (Å²) in [6.45, 7) is 4.65. The maximum atomic E-state index is 11.8. The molecule has 0 aliphatic heterocycles. The zero-order valence-electron chi connectivity index (χ0n) is 10.6. The maximum absolute atomic E-state index is 11.8. The summed E-state index contributed by atoms with van der Waals surface area (Å²) in [7, 11) is 0. The monoisotopic (exact) mass is 266 g/mol. The molecule has 1 unspecified atom stereocenters. The van der Waals surface area contributed by atoms with Gasteiger partial charge in [-0.25, -0.2) is 0 Å². The first-order valence-electron chi connectivity index (χ1n) is 5.62. The van der Waals surface area contributed by atoms with Crippen LogP contribution in [0.3, 0.4) is 0 Å². The number of aromatic nitrogens is 1. The highest BCUT2D eigenvalue weighted by atomic mass is 19.4. The van der Waals surface area contributed by atoms with Crippen molar-refractivity contribution in [1.82, 2.24) is 10.5 Å². The molecule has 0 radical (unpaired) electrons. The summed E-state index contributed by atoms with van der Waals surface area (Å²) in [6, 6.07) is -0.0364. The summed E-state index contributed by atoms with van der Waals surface area (Å²) < 4.78 is 44.9. The van der Waals surface area contributed by atoms with E-state index in [4.69, 9.17) is 4.52 Å². The first-order valence-corrected chi connectivity index (χ1v) is 5.62. The molecule has 1 rings (SSSR count). The van der Waals surface area contributed by atoms with Crippen LogP contribution >= 0.6 is 0 Å². The first kappa shape index (κ1) is 15.0. The largest absolute Gasteiger partial charge is 0.411 e. The van der Waals surface area contributed by atoms with Gasteiger partial charge < -0.3 is 14.6 Å². The van der Waals surface area contributed by atoms with Crippen LogP contribution in [-0.2, 0) is 4.74 Å². The van der Waals surface area contributed by atoms with E-state index in [0.717, 1.165) is 11.3 Å². The predicted octanol–water partition coefficient (Wildman–Crippen LogP) is 2.52. The Kier molecular flexibility index (Phi) is 5.15. The molecule has 0 aliphatic rings. The van der Waals surface area contributed by atoms with Crippen molar-refractivity contribution in [2.24, 2.45) is 0 Å². The summed E-state index contributed by atoms with van der Waals surface area (Å²) in [5.74, 6) is 0.712. The lowest BCUT2D eigenvalue weighted by Crippen LogP contribution is -2.26. The molecule has 0 aliphatic carbocycles. The molecule has 1 heterocycles. The molecule has 0 saturated carbocycles. The Bertz CT molecular complexity index is 357. The topological polar surface area (TPSA) is 47.3 Å². The van der Waals surface area contributed by atoms with E-state index in [1.165, 1.54) is 0 Å². The summed E-state index contributed by atoms with van der Waals surface area (Å²) in [5, 5.41) is 6.88. The quantitative estimate of drug-likeness (QED) is 0.804. The average Bonchev–Trinajstić information content (AvgIpc) is 2.56. The van der Waals surface area contributed by atoms with Crippen LogP contribution in [0.4, 0.5) is 13.2 Å². The van der Waals surface area contributed by atoms with Gasteiger partial charge in [0.15, 0.2) is 0 Å². The van der Waals surface area contributed by atoms with Gasteiger partial charge in [-0.15, -0.1) is 0 Å². The Morgan fingerprint density at radius 3 is 2.56 bits per heavy atom. The smallest absolute Gasteiger partial charge is 0.371 e. The van der Waals surface area contributed by atoms with Gasteiger partial charge in [0.25, 0.3) is 0 Å². The zero-order valence-corrected chi connectivity index (χ0v) is 10.6. The normalized spacial score (nSPS) is 13.9. The highest BCUT2D eigenvalue weighted by Crippen LogP contribution is 2.20. The Morgan fingerprint density at radius 1 is 1.39 bits per heavy atom. The molecule has 104 valence electrons. The molecule has 0 spiro atoms. The SMILES string of the molecule is Cc1noc(C)c1C(C)NCCOCC(F)(F)F. The maximum Gasteiger partial charge on any atom is 0.411 e. The van der Waals surface area contributed by atoms with Crippen LogP contribution in [0.2, 0.25) is 0 Å². The number of ether oxygens (including phenoxy) is 1. The zero-order chi connectivity index (χ0) is 13.8. The molecule has 1 aromatic rings. The minimum atomic E-state index is -4.27. The van der Waals surface area contributed by atoms with Crippen LogP contribution < -0.4 is 5.32 Å². The number of alkyl halides is 3. The van der Waals surface area contributed by atoms with Gasteiger partial charge in [0.1, 0.15) is 12.4 Å².